The Kier molecular flexibility index (Phi) is 3.94. The summed E-state index contributed by atoms with van der Waals surface area (Å²) in [6.45, 7) is 0. The predicted molar refractivity (Wildman–Crippen MR) is 141 cm³/mol. The Hall–Kier alpha value is -4.44. The van der Waals surface area contributed by atoms with E-state index in [2.05, 4.69) is 104 Å². The minimum absolute atomic E-state index is 1.02. The normalized spacial score (nSPS) is 11.8. The molecule has 0 saturated carbocycles. The summed E-state index contributed by atoms with van der Waals surface area (Å²) >= 11 is 0. The number of hydrogen-bond donors (Lipinski definition) is 0. The second-order valence-corrected chi connectivity index (χ2v) is 9.06. The van der Waals surface area contributed by atoms with Gasteiger partial charge in [0.1, 0.15) is 0 Å². The summed E-state index contributed by atoms with van der Waals surface area (Å²) in [6.07, 6.45) is 3.73. The van der Waals surface area contributed by atoms with Crippen LogP contribution in [0, 0.1) is 0 Å². The first kappa shape index (κ1) is 19.1. The summed E-state index contributed by atoms with van der Waals surface area (Å²) in [5.74, 6) is 0. The highest BCUT2D eigenvalue weighted by Gasteiger charge is 2.08. The molecule has 0 saturated heterocycles. The molecule has 0 atom stereocenters. The lowest BCUT2D eigenvalue weighted by atomic mass is 9.95. The molecule has 7 aromatic rings. The van der Waals surface area contributed by atoms with E-state index in [1.807, 2.05) is 26.7 Å². The Bertz CT molecular complexity index is 1890. The van der Waals surface area contributed by atoms with E-state index in [-0.39, 0.29) is 0 Å². The lowest BCUT2D eigenvalue weighted by Gasteiger charge is -2.10. The van der Waals surface area contributed by atoms with Gasteiger partial charge in [0.2, 0.25) is 0 Å². The van der Waals surface area contributed by atoms with E-state index in [9.17, 15) is 0 Å². The topological polar surface area (TPSA) is 35.6 Å². The van der Waals surface area contributed by atoms with Crippen LogP contribution in [0.1, 0.15) is 0 Å². The van der Waals surface area contributed by atoms with Crippen LogP contribution < -0.4 is 0 Å². The molecular formula is C30H22N4. The summed E-state index contributed by atoms with van der Waals surface area (Å²) < 4.78 is 4.12. The van der Waals surface area contributed by atoms with E-state index in [4.69, 9.17) is 0 Å². The largest absolute Gasteiger partial charge is 0.334 e. The third-order valence-electron chi connectivity index (χ3n) is 6.95. The minimum Gasteiger partial charge on any atom is -0.334 e. The SMILES string of the molecule is Cn1cnc2cc(-c3ccc4c(ccc5cc(-c6ccc7ncn(C)c7c6)ccc54)c3)ccc21. The molecule has 0 spiro atoms. The second-order valence-electron chi connectivity index (χ2n) is 9.06. The fourth-order valence-corrected chi connectivity index (χ4v) is 5.05. The van der Waals surface area contributed by atoms with Gasteiger partial charge in [-0.2, -0.15) is 0 Å². The van der Waals surface area contributed by atoms with Gasteiger partial charge in [-0.05, 0) is 80.2 Å². The van der Waals surface area contributed by atoms with Crippen molar-refractivity contribution in [1.82, 2.24) is 19.1 Å². The van der Waals surface area contributed by atoms with Crippen molar-refractivity contribution in [1.29, 1.82) is 0 Å². The molecular weight excluding hydrogens is 416 g/mol. The Morgan fingerprint density at radius 1 is 0.471 bits per heavy atom. The molecule has 2 aromatic heterocycles. The van der Waals surface area contributed by atoms with E-state index < -0.39 is 0 Å². The van der Waals surface area contributed by atoms with Crippen LogP contribution in [-0.4, -0.2) is 19.1 Å². The lowest BCUT2D eigenvalue weighted by Crippen LogP contribution is -1.86. The average molecular weight is 439 g/mol. The second kappa shape index (κ2) is 7.03. The standard InChI is InChI=1S/C30H22N4/c1-33-18-32-28-15-21(8-12-29(28)33)19-5-9-25-23(13-19)3-4-24-14-20(6-10-26(24)25)22-7-11-27-30(16-22)34(2)17-31-27/h3-18H,1-2H3. The summed E-state index contributed by atoms with van der Waals surface area (Å²) in [4.78, 5) is 8.96. The summed E-state index contributed by atoms with van der Waals surface area (Å²) in [5, 5.41) is 5.04. The number of imidazole rings is 2. The fraction of sp³-hybridized carbons (Fsp3) is 0.0667. The highest BCUT2D eigenvalue weighted by Crippen LogP contribution is 2.33. The Morgan fingerprint density at radius 2 is 1.00 bits per heavy atom. The number of rotatable bonds is 2. The molecule has 7 rings (SSSR count). The molecule has 0 N–H and O–H groups in total. The van der Waals surface area contributed by atoms with Crippen LogP contribution in [0.15, 0.2) is 97.6 Å². The van der Waals surface area contributed by atoms with Crippen molar-refractivity contribution in [3.63, 3.8) is 0 Å². The molecule has 34 heavy (non-hydrogen) atoms. The molecule has 0 fully saturated rings. The summed E-state index contributed by atoms with van der Waals surface area (Å²) in [6, 6.07) is 30.9. The van der Waals surface area contributed by atoms with Crippen molar-refractivity contribution in [2.24, 2.45) is 14.1 Å². The molecule has 0 bridgehead atoms. The van der Waals surface area contributed by atoms with Gasteiger partial charge in [-0.15, -0.1) is 0 Å². The number of benzene rings is 5. The molecule has 0 amide bonds. The number of aromatic nitrogens is 4. The number of fused-ring (bicyclic) bond motifs is 5. The monoisotopic (exact) mass is 438 g/mol. The zero-order chi connectivity index (χ0) is 22.8. The first-order valence-corrected chi connectivity index (χ1v) is 11.4. The molecule has 2 heterocycles. The maximum absolute atomic E-state index is 4.52. The van der Waals surface area contributed by atoms with Gasteiger partial charge in [0.15, 0.2) is 0 Å². The van der Waals surface area contributed by atoms with Crippen LogP contribution in [-0.2, 0) is 14.1 Å². The lowest BCUT2D eigenvalue weighted by molar-refractivity contribution is 0.948. The van der Waals surface area contributed by atoms with Gasteiger partial charge in [0.05, 0.1) is 34.7 Å². The molecule has 4 nitrogen and oxygen atoms in total. The first-order valence-electron chi connectivity index (χ1n) is 11.4. The van der Waals surface area contributed by atoms with Crippen molar-refractivity contribution < 1.29 is 0 Å². The van der Waals surface area contributed by atoms with Crippen molar-refractivity contribution in [3.05, 3.63) is 97.6 Å². The predicted octanol–water partition coefficient (Wildman–Crippen LogP) is 7.10. The zero-order valence-corrected chi connectivity index (χ0v) is 19.0. The van der Waals surface area contributed by atoms with Crippen LogP contribution in [0.25, 0.3) is 65.9 Å². The molecule has 0 unspecified atom stereocenters. The van der Waals surface area contributed by atoms with Gasteiger partial charge >= 0.3 is 0 Å². The molecule has 0 aliphatic heterocycles. The number of nitrogens with zero attached hydrogens (tertiary/aromatic N) is 4. The van der Waals surface area contributed by atoms with Gasteiger partial charge < -0.3 is 9.13 Å². The smallest absolute Gasteiger partial charge is 0.0955 e. The molecule has 4 heteroatoms. The van der Waals surface area contributed by atoms with Crippen molar-refractivity contribution >= 4 is 43.6 Å². The van der Waals surface area contributed by atoms with Crippen LogP contribution in [0.4, 0.5) is 0 Å². The van der Waals surface area contributed by atoms with Crippen LogP contribution in [0.2, 0.25) is 0 Å². The number of aryl methyl sites for hydroxylation is 2. The van der Waals surface area contributed by atoms with Gasteiger partial charge in [0, 0.05) is 14.1 Å². The zero-order valence-electron chi connectivity index (χ0n) is 19.0. The molecule has 0 aliphatic carbocycles. The Morgan fingerprint density at radius 3 is 1.71 bits per heavy atom. The quantitative estimate of drug-likeness (QED) is 0.270. The first-order chi connectivity index (χ1) is 16.6. The van der Waals surface area contributed by atoms with Crippen LogP contribution in [0.5, 0.6) is 0 Å². The van der Waals surface area contributed by atoms with Gasteiger partial charge in [-0.1, -0.05) is 48.5 Å². The summed E-state index contributed by atoms with van der Waals surface area (Å²) in [5.41, 5.74) is 9.16. The van der Waals surface area contributed by atoms with Gasteiger partial charge in [-0.25, -0.2) is 9.97 Å². The highest BCUT2D eigenvalue weighted by atomic mass is 15.0. The van der Waals surface area contributed by atoms with Gasteiger partial charge in [-0.3, -0.25) is 0 Å². The van der Waals surface area contributed by atoms with Crippen molar-refractivity contribution in [2.75, 3.05) is 0 Å². The van der Waals surface area contributed by atoms with E-state index in [0.717, 1.165) is 22.1 Å². The van der Waals surface area contributed by atoms with E-state index in [1.165, 1.54) is 43.8 Å². The van der Waals surface area contributed by atoms with Crippen LogP contribution in [0.3, 0.4) is 0 Å². The minimum atomic E-state index is 1.02. The molecule has 0 aliphatic rings. The van der Waals surface area contributed by atoms with Crippen molar-refractivity contribution in [3.8, 4) is 22.3 Å². The maximum atomic E-state index is 4.52. The summed E-state index contributed by atoms with van der Waals surface area (Å²) in [7, 11) is 4.06. The Labute approximate surface area is 196 Å². The fourth-order valence-electron chi connectivity index (χ4n) is 5.05. The third kappa shape index (κ3) is 2.85. The molecule has 162 valence electrons. The highest BCUT2D eigenvalue weighted by molar-refractivity contribution is 6.09. The Balaban J connectivity index is 1.32. The molecule has 5 aromatic carbocycles. The van der Waals surface area contributed by atoms with E-state index in [1.54, 1.807) is 0 Å². The van der Waals surface area contributed by atoms with E-state index >= 15 is 0 Å². The van der Waals surface area contributed by atoms with Crippen LogP contribution >= 0.6 is 0 Å². The maximum Gasteiger partial charge on any atom is 0.0955 e. The van der Waals surface area contributed by atoms with Gasteiger partial charge in [0.25, 0.3) is 0 Å². The third-order valence-corrected chi connectivity index (χ3v) is 6.95. The molecule has 0 radical (unpaired) electrons. The van der Waals surface area contributed by atoms with Crippen molar-refractivity contribution in [2.45, 2.75) is 0 Å². The van der Waals surface area contributed by atoms with E-state index in [0.29, 0.717) is 0 Å². The number of hydrogen-bond acceptors (Lipinski definition) is 2. The average Bonchev–Trinajstić information content (AvgIpc) is 3.44.